The third-order valence-electron chi connectivity index (χ3n) is 3.96. The molecule has 2 atom stereocenters. The van der Waals surface area contributed by atoms with Gasteiger partial charge in [-0.3, -0.25) is 0 Å². The molecule has 0 bridgehead atoms. The summed E-state index contributed by atoms with van der Waals surface area (Å²) >= 11 is 12.0. The number of benzene rings is 1. The molecule has 0 aromatic heterocycles. The van der Waals surface area contributed by atoms with Crippen LogP contribution in [0.25, 0.3) is 0 Å². The Labute approximate surface area is 129 Å². The molecule has 0 amide bonds. The van der Waals surface area contributed by atoms with Gasteiger partial charge in [-0.15, -0.1) is 11.6 Å². The van der Waals surface area contributed by atoms with Crippen molar-refractivity contribution in [3.8, 4) is 5.75 Å². The summed E-state index contributed by atoms with van der Waals surface area (Å²) in [4.78, 5) is 0. The standard InChI is InChI=1S/C15H18Cl2O3/c16-9-11-1-2-14(13(17)7-11)20-12-3-5-19-15(8-12)4-6-18-10-15/h1-2,7,12H,3-6,8-10H2. The van der Waals surface area contributed by atoms with E-state index in [1.807, 2.05) is 18.2 Å². The van der Waals surface area contributed by atoms with Crippen LogP contribution in [0, 0.1) is 0 Å². The Balaban J connectivity index is 1.68. The summed E-state index contributed by atoms with van der Waals surface area (Å²) in [6.07, 6.45) is 2.83. The van der Waals surface area contributed by atoms with Crippen LogP contribution in [0.3, 0.4) is 0 Å². The van der Waals surface area contributed by atoms with Crippen molar-refractivity contribution in [2.45, 2.75) is 36.8 Å². The van der Waals surface area contributed by atoms with E-state index in [1.54, 1.807) is 0 Å². The van der Waals surface area contributed by atoms with Crippen molar-refractivity contribution >= 4 is 23.2 Å². The molecule has 110 valence electrons. The number of halogens is 2. The first-order valence-electron chi connectivity index (χ1n) is 6.93. The van der Waals surface area contributed by atoms with E-state index in [9.17, 15) is 0 Å². The molecule has 1 spiro atoms. The van der Waals surface area contributed by atoms with Gasteiger partial charge < -0.3 is 14.2 Å². The summed E-state index contributed by atoms with van der Waals surface area (Å²) in [5, 5.41) is 0.617. The highest BCUT2D eigenvalue weighted by molar-refractivity contribution is 6.32. The van der Waals surface area contributed by atoms with Gasteiger partial charge in [0.15, 0.2) is 0 Å². The van der Waals surface area contributed by atoms with Gasteiger partial charge in [0.1, 0.15) is 11.9 Å². The van der Waals surface area contributed by atoms with Gasteiger partial charge in [0, 0.05) is 31.7 Å². The molecular weight excluding hydrogens is 299 g/mol. The molecule has 2 fully saturated rings. The second-order valence-corrected chi connectivity index (χ2v) is 6.14. The molecule has 2 unspecified atom stereocenters. The van der Waals surface area contributed by atoms with E-state index < -0.39 is 0 Å². The molecule has 3 rings (SSSR count). The van der Waals surface area contributed by atoms with E-state index in [0.717, 1.165) is 37.2 Å². The molecule has 0 aliphatic carbocycles. The molecule has 2 saturated heterocycles. The molecule has 20 heavy (non-hydrogen) atoms. The summed E-state index contributed by atoms with van der Waals surface area (Å²) in [5.41, 5.74) is 0.850. The van der Waals surface area contributed by atoms with Crippen LogP contribution in [-0.2, 0) is 15.4 Å². The average molecular weight is 317 g/mol. The lowest BCUT2D eigenvalue weighted by Gasteiger charge is -2.37. The van der Waals surface area contributed by atoms with Crippen LogP contribution >= 0.6 is 23.2 Å². The van der Waals surface area contributed by atoms with Crippen LogP contribution in [0.15, 0.2) is 18.2 Å². The summed E-state index contributed by atoms with van der Waals surface area (Å²) in [6.45, 7) is 2.16. The van der Waals surface area contributed by atoms with Crippen molar-refractivity contribution in [2.24, 2.45) is 0 Å². The smallest absolute Gasteiger partial charge is 0.138 e. The maximum Gasteiger partial charge on any atom is 0.138 e. The van der Waals surface area contributed by atoms with Crippen molar-refractivity contribution < 1.29 is 14.2 Å². The minimum atomic E-state index is -0.147. The van der Waals surface area contributed by atoms with Crippen molar-refractivity contribution in [1.29, 1.82) is 0 Å². The number of ether oxygens (including phenoxy) is 3. The average Bonchev–Trinajstić information content (AvgIpc) is 2.89. The normalized spacial score (nSPS) is 29.8. The molecule has 3 nitrogen and oxygen atoms in total. The fourth-order valence-electron chi connectivity index (χ4n) is 2.85. The molecule has 1 aromatic rings. The first-order valence-corrected chi connectivity index (χ1v) is 7.85. The monoisotopic (exact) mass is 316 g/mol. The molecular formula is C15H18Cl2O3. The highest BCUT2D eigenvalue weighted by Gasteiger charge is 2.41. The van der Waals surface area contributed by atoms with Gasteiger partial charge in [-0.05, 0) is 17.7 Å². The number of rotatable bonds is 3. The van der Waals surface area contributed by atoms with Crippen molar-refractivity contribution in [3.05, 3.63) is 28.8 Å². The SMILES string of the molecule is ClCc1ccc(OC2CCOC3(CCOC3)C2)c(Cl)c1. The first kappa shape index (κ1) is 14.5. The third-order valence-corrected chi connectivity index (χ3v) is 4.56. The first-order chi connectivity index (χ1) is 9.71. The molecule has 0 N–H and O–H groups in total. The molecule has 2 aliphatic rings. The van der Waals surface area contributed by atoms with Crippen molar-refractivity contribution in [1.82, 2.24) is 0 Å². The molecule has 0 saturated carbocycles. The zero-order chi connectivity index (χ0) is 14.0. The Morgan fingerprint density at radius 1 is 1.35 bits per heavy atom. The van der Waals surface area contributed by atoms with E-state index in [1.165, 1.54) is 0 Å². The molecule has 5 heteroatoms. The summed E-state index contributed by atoms with van der Waals surface area (Å²) < 4.78 is 17.4. The third kappa shape index (κ3) is 3.06. The second kappa shape index (κ2) is 6.10. The second-order valence-electron chi connectivity index (χ2n) is 5.47. The zero-order valence-corrected chi connectivity index (χ0v) is 12.8. The fraction of sp³-hybridized carbons (Fsp3) is 0.600. The van der Waals surface area contributed by atoms with E-state index in [2.05, 4.69) is 0 Å². The maximum atomic E-state index is 6.24. The Kier molecular flexibility index (Phi) is 4.41. The van der Waals surface area contributed by atoms with Crippen LogP contribution in [0.4, 0.5) is 0 Å². The molecule has 1 aromatic carbocycles. The molecule has 2 heterocycles. The predicted molar refractivity (Wildman–Crippen MR) is 78.8 cm³/mol. The van der Waals surface area contributed by atoms with E-state index >= 15 is 0 Å². The van der Waals surface area contributed by atoms with Gasteiger partial charge in [0.05, 0.1) is 23.8 Å². The predicted octanol–water partition coefficient (Wildman–Crippen LogP) is 3.80. The molecule has 0 radical (unpaired) electrons. The topological polar surface area (TPSA) is 27.7 Å². The summed E-state index contributed by atoms with van der Waals surface area (Å²) in [6, 6.07) is 5.70. The molecule has 2 aliphatic heterocycles. The summed E-state index contributed by atoms with van der Waals surface area (Å²) in [7, 11) is 0. The van der Waals surface area contributed by atoms with E-state index in [0.29, 0.717) is 24.1 Å². The number of alkyl halides is 1. The van der Waals surface area contributed by atoms with Gasteiger partial charge in [-0.2, -0.15) is 0 Å². The van der Waals surface area contributed by atoms with Crippen LogP contribution < -0.4 is 4.74 Å². The fourth-order valence-corrected chi connectivity index (χ4v) is 3.26. The Bertz CT molecular complexity index is 472. The Morgan fingerprint density at radius 3 is 2.95 bits per heavy atom. The maximum absolute atomic E-state index is 6.24. The minimum absolute atomic E-state index is 0.129. The van der Waals surface area contributed by atoms with Crippen molar-refractivity contribution in [2.75, 3.05) is 19.8 Å². The lowest BCUT2D eigenvalue weighted by Crippen LogP contribution is -2.44. The van der Waals surface area contributed by atoms with Gasteiger partial charge >= 0.3 is 0 Å². The van der Waals surface area contributed by atoms with E-state index in [-0.39, 0.29) is 11.7 Å². The largest absolute Gasteiger partial charge is 0.489 e. The van der Waals surface area contributed by atoms with Gasteiger partial charge in [0.25, 0.3) is 0 Å². The van der Waals surface area contributed by atoms with Gasteiger partial charge in [0.2, 0.25) is 0 Å². The quantitative estimate of drug-likeness (QED) is 0.794. The van der Waals surface area contributed by atoms with Crippen LogP contribution in [0.1, 0.15) is 24.8 Å². The lowest BCUT2D eigenvalue weighted by molar-refractivity contribution is -0.112. The van der Waals surface area contributed by atoms with Crippen molar-refractivity contribution in [3.63, 3.8) is 0 Å². The van der Waals surface area contributed by atoms with E-state index in [4.69, 9.17) is 37.4 Å². The van der Waals surface area contributed by atoms with Crippen LogP contribution in [-0.4, -0.2) is 31.5 Å². The summed E-state index contributed by atoms with van der Waals surface area (Å²) in [5.74, 6) is 1.18. The van der Waals surface area contributed by atoms with Gasteiger partial charge in [-0.25, -0.2) is 0 Å². The lowest BCUT2D eigenvalue weighted by atomic mass is 9.91. The highest BCUT2D eigenvalue weighted by atomic mass is 35.5. The number of hydrogen-bond donors (Lipinski definition) is 0. The Hall–Kier alpha value is -0.480. The van der Waals surface area contributed by atoms with Crippen LogP contribution in [0.2, 0.25) is 5.02 Å². The highest BCUT2D eigenvalue weighted by Crippen LogP contribution is 2.36. The Morgan fingerprint density at radius 2 is 2.25 bits per heavy atom. The number of hydrogen-bond acceptors (Lipinski definition) is 3. The minimum Gasteiger partial charge on any atom is -0.489 e. The van der Waals surface area contributed by atoms with Crippen LogP contribution in [0.5, 0.6) is 5.75 Å². The zero-order valence-electron chi connectivity index (χ0n) is 11.2. The van der Waals surface area contributed by atoms with Gasteiger partial charge in [-0.1, -0.05) is 17.7 Å².